The van der Waals surface area contributed by atoms with E-state index < -0.39 is 0 Å². The molecule has 2 rings (SSSR count). The van der Waals surface area contributed by atoms with Crippen LogP contribution in [0.2, 0.25) is 0 Å². The summed E-state index contributed by atoms with van der Waals surface area (Å²) in [7, 11) is 3.36. The van der Waals surface area contributed by atoms with Gasteiger partial charge in [0.2, 0.25) is 0 Å². The number of anilines is 1. The average molecular weight is 263 g/mol. The summed E-state index contributed by atoms with van der Waals surface area (Å²) in [6.45, 7) is 3.40. The van der Waals surface area contributed by atoms with Crippen molar-refractivity contribution in [2.75, 3.05) is 26.1 Å². The zero-order valence-electron chi connectivity index (χ0n) is 12.2. The topological polar surface area (TPSA) is 30.5 Å². The van der Waals surface area contributed by atoms with E-state index in [9.17, 15) is 0 Å². The second-order valence-corrected chi connectivity index (χ2v) is 5.61. The van der Waals surface area contributed by atoms with E-state index in [1.165, 1.54) is 25.7 Å². The van der Waals surface area contributed by atoms with Crippen LogP contribution in [0.1, 0.15) is 32.6 Å². The fraction of sp³-hybridized carbons (Fsp3) is 0.625. The molecule has 1 aliphatic carbocycles. The highest BCUT2D eigenvalue weighted by Gasteiger charge is 2.17. The van der Waals surface area contributed by atoms with Crippen molar-refractivity contribution in [2.45, 2.75) is 32.6 Å². The van der Waals surface area contributed by atoms with E-state index in [0.29, 0.717) is 0 Å². The molecule has 106 valence electrons. The first kappa shape index (κ1) is 14.0. The molecule has 1 aromatic rings. The lowest BCUT2D eigenvalue weighted by Crippen LogP contribution is -2.20. The zero-order chi connectivity index (χ0) is 13.7. The van der Waals surface area contributed by atoms with Crippen LogP contribution in [0, 0.1) is 11.8 Å². The van der Waals surface area contributed by atoms with Crippen LogP contribution in [0.5, 0.6) is 11.5 Å². The summed E-state index contributed by atoms with van der Waals surface area (Å²) < 4.78 is 10.6. The van der Waals surface area contributed by atoms with Gasteiger partial charge in [-0.25, -0.2) is 0 Å². The quantitative estimate of drug-likeness (QED) is 0.872. The Morgan fingerprint density at radius 1 is 1.00 bits per heavy atom. The molecule has 3 heteroatoms. The van der Waals surface area contributed by atoms with E-state index in [2.05, 4.69) is 12.2 Å². The standard InChI is InChI=1S/C16H25NO2/c1-12-4-6-13(7-5-12)11-17-14-8-15(18-2)10-16(9-14)19-3/h8-10,12-13,17H,4-7,11H2,1-3H3. The maximum absolute atomic E-state index is 5.28. The van der Waals surface area contributed by atoms with Crippen LogP contribution >= 0.6 is 0 Å². The number of benzene rings is 1. The molecule has 0 saturated heterocycles. The van der Waals surface area contributed by atoms with Gasteiger partial charge in [0.05, 0.1) is 14.2 Å². The van der Waals surface area contributed by atoms with E-state index in [0.717, 1.165) is 35.6 Å². The predicted octanol–water partition coefficient (Wildman–Crippen LogP) is 3.94. The van der Waals surface area contributed by atoms with Crippen LogP contribution in [-0.4, -0.2) is 20.8 Å². The Balaban J connectivity index is 1.91. The monoisotopic (exact) mass is 263 g/mol. The third kappa shape index (κ3) is 4.05. The fourth-order valence-electron chi connectivity index (χ4n) is 2.70. The molecular formula is C16H25NO2. The number of nitrogens with one attached hydrogen (secondary N) is 1. The smallest absolute Gasteiger partial charge is 0.124 e. The highest BCUT2D eigenvalue weighted by Crippen LogP contribution is 2.30. The third-order valence-electron chi connectivity index (χ3n) is 4.08. The van der Waals surface area contributed by atoms with E-state index in [4.69, 9.17) is 9.47 Å². The van der Waals surface area contributed by atoms with Crippen molar-refractivity contribution in [3.63, 3.8) is 0 Å². The third-order valence-corrected chi connectivity index (χ3v) is 4.08. The Labute approximate surface area is 116 Å². The Morgan fingerprint density at radius 3 is 2.11 bits per heavy atom. The molecule has 1 aliphatic rings. The zero-order valence-corrected chi connectivity index (χ0v) is 12.2. The van der Waals surface area contributed by atoms with Gasteiger partial charge in [0.25, 0.3) is 0 Å². The molecule has 0 heterocycles. The summed E-state index contributed by atoms with van der Waals surface area (Å²) in [4.78, 5) is 0. The summed E-state index contributed by atoms with van der Waals surface area (Å²) in [5, 5.41) is 3.52. The minimum atomic E-state index is 0.799. The number of hydrogen-bond donors (Lipinski definition) is 1. The van der Waals surface area contributed by atoms with Gasteiger partial charge >= 0.3 is 0 Å². The van der Waals surface area contributed by atoms with Gasteiger partial charge < -0.3 is 14.8 Å². The van der Waals surface area contributed by atoms with Crippen LogP contribution in [0.4, 0.5) is 5.69 Å². The minimum absolute atomic E-state index is 0.799. The second kappa shape index (κ2) is 6.69. The van der Waals surface area contributed by atoms with Crippen molar-refractivity contribution in [1.82, 2.24) is 0 Å². The first-order valence-corrected chi connectivity index (χ1v) is 7.18. The normalized spacial score (nSPS) is 22.9. The van der Waals surface area contributed by atoms with Crippen molar-refractivity contribution in [3.8, 4) is 11.5 Å². The largest absolute Gasteiger partial charge is 0.497 e. The number of rotatable bonds is 5. The van der Waals surface area contributed by atoms with Crippen LogP contribution in [0.15, 0.2) is 18.2 Å². The van der Waals surface area contributed by atoms with E-state index in [1.807, 2.05) is 18.2 Å². The maximum Gasteiger partial charge on any atom is 0.124 e. The molecule has 0 spiro atoms. The Hall–Kier alpha value is -1.38. The average Bonchev–Trinajstić information content (AvgIpc) is 2.46. The highest BCUT2D eigenvalue weighted by atomic mass is 16.5. The molecule has 1 saturated carbocycles. The van der Waals surface area contributed by atoms with Crippen LogP contribution < -0.4 is 14.8 Å². The Morgan fingerprint density at radius 2 is 1.58 bits per heavy atom. The van der Waals surface area contributed by atoms with Crippen LogP contribution in [-0.2, 0) is 0 Å². The molecule has 19 heavy (non-hydrogen) atoms. The maximum atomic E-state index is 5.28. The Bertz CT molecular complexity index is 375. The van der Waals surface area contributed by atoms with Gasteiger partial charge in [-0.05, 0) is 24.7 Å². The lowest BCUT2D eigenvalue weighted by molar-refractivity contribution is 0.300. The van der Waals surface area contributed by atoms with Gasteiger partial charge in [0.15, 0.2) is 0 Å². The van der Waals surface area contributed by atoms with E-state index in [1.54, 1.807) is 14.2 Å². The SMILES string of the molecule is COc1cc(NCC2CCC(C)CC2)cc(OC)c1. The van der Waals surface area contributed by atoms with Crippen molar-refractivity contribution in [2.24, 2.45) is 11.8 Å². The summed E-state index contributed by atoms with van der Waals surface area (Å²) in [6.07, 6.45) is 5.42. The predicted molar refractivity (Wildman–Crippen MR) is 79.2 cm³/mol. The van der Waals surface area contributed by atoms with Crippen LogP contribution in [0.3, 0.4) is 0 Å². The molecule has 1 N–H and O–H groups in total. The second-order valence-electron chi connectivity index (χ2n) is 5.61. The molecular weight excluding hydrogens is 238 g/mol. The molecule has 1 fully saturated rings. The van der Waals surface area contributed by atoms with Crippen molar-refractivity contribution >= 4 is 5.69 Å². The molecule has 0 atom stereocenters. The fourth-order valence-corrected chi connectivity index (χ4v) is 2.70. The molecule has 0 unspecified atom stereocenters. The van der Waals surface area contributed by atoms with Gasteiger partial charge in [-0.1, -0.05) is 19.8 Å². The molecule has 0 amide bonds. The van der Waals surface area contributed by atoms with Gasteiger partial charge in [-0.3, -0.25) is 0 Å². The van der Waals surface area contributed by atoms with Crippen molar-refractivity contribution in [1.29, 1.82) is 0 Å². The lowest BCUT2D eigenvalue weighted by atomic mass is 9.83. The molecule has 0 aliphatic heterocycles. The summed E-state index contributed by atoms with van der Waals surface area (Å²) in [5.74, 6) is 3.37. The summed E-state index contributed by atoms with van der Waals surface area (Å²) in [6, 6.07) is 5.94. The Kier molecular flexibility index (Phi) is 4.94. The number of hydrogen-bond acceptors (Lipinski definition) is 3. The lowest BCUT2D eigenvalue weighted by Gasteiger charge is -2.26. The minimum Gasteiger partial charge on any atom is -0.497 e. The summed E-state index contributed by atoms with van der Waals surface area (Å²) in [5.41, 5.74) is 1.08. The first-order valence-electron chi connectivity index (χ1n) is 7.18. The highest BCUT2D eigenvalue weighted by molar-refractivity contribution is 5.53. The number of methoxy groups -OCH3 is 2. The molecule has 0 bridgehead atoms. The van der Waals surface area contributed by atoms with Gasteiger partial charge in [-0.15, -0.1) is 0 Å². The van der Waals surface area contributed by atoms with E-state index >= 15 is 0 Å². The summed E-state index contributed by atoms with van der Waals surface area (Å²) >= 11 is 0. The van der Waals surface area contributed by atoms with Gasteiger partial charge in [-0.2, -0.15) is 0 Å². The van der Waals surface area contributed by atoms with Crippen LogP contribution in [0.25, 0.3) is 0 Å². The van der Waals surface area contributed by atoms with E-state index in [-0.39, 0.29) is 0 Å². The van der Waals surface area contributed by atoms with Crippen molar-refractivity contribution in [3.05, 3.63) is 18.2 Å². The first-order chi connectivity index (χ1) is 9.21. The molecule has 3 nitrogen and oxygen atoms in total. The van der Waals surface area contributed by atoms with Gasteiger partial charge in [0.1, 0.15) is 11.5 Å². The molecule has 0 aromatic heterocycles. The number of ether oxygens (including phenoxy) is 2. The van der Waals surface area contributed by atoms with Gasteiger partial charge in [0, 0.05) is 30.4 Å². The molecule has 0 radical (unpaired) electrons. The molecule has 1 aromatic carbocycles. The van der Waals surface area contributed by atoms with Crippen molar-refractivity contribution < 1.29 is 9.47 Å².